The lowest BCUT2D eigenvalue weighted by Gasteiger charge is -1.86. The molecule has 3 heteroatoms. The Bertz CT molecular complexity index is 124. The number of aromatic nitrogens is 1. The molecule has 0 aliphatic carbocycles. The summed E-state index contributed by atoms with van der Waals surface area (Å²) in [7, 11) is 0. The van der Waals surface area contributed by atoms with E-state index >= 15 is 0 Å². The summed E-state index contributed by atoms with van der Waals surface area (Å²) in [6.45, 7) is 0. The van der Waals surface area contributed by atoms with E-state index in [1.807, 2.05) is 18.3 Å². The third-order valence-electron chi connectivity index (χ3n) is 0.718. The first-order chi connectivity index (χ1) is 3.43. The summed E-state index contributed by atoms with van der Waals surface area (Å²) in [5.74, 6) is 0.920. The molecule has 2 N–H and O–H groups in total. The Morgan fingerprint density at radius 1 is 1.71 bits per heavy atom. The van der Waals surface area contributed by atoms with Crippen molar-refractivity contribution in [3.8, 4) is 0 Å². The van der Waals surface area contributed by atoms with Crippen LogP contribution in [0.4, 0.5) is 5.82 Å². The summed E-state index contributed by atoms with van der Waals surface area (Å²) >= 11 is 3.79. The van der Waals surface area contributed by atoms with E-state index in [2.05, 4.69) is 22.5 Å². The van der Waals surface area contributed by atoms with Gasteiger partial charge in [-0.05, 0) is 12.1 Å². The first-order valence-corrected chi connectivity index (χ1v) is 2.41. The summed E-state index contributed by atoms with van der Waals surface area (Å²) in [6, 6.07) is 3.80. The van der Waals surface area contributed by atoms with Gasteiger partial charge in [0.2, 0.25) is 0 Å². The van der Waals surface area contributed by atoms with Crippen LogP contribution in [0.3, 0.4) is 0 Å². The van der Waals surface area contributed by atoms with Gasteiger partial charge in [0.1, 0.15) is 5.82 Å². The number of nitrogens with one attached hydrogen (secondary N) is 2. The molecule has 0 spiro atoms. The van der Waals surface area contributed by atoms with Crippen molar-refractivity contribution in [2.45, 2.75) is 0 Å². The number of hydrogen-bond donors (Lipinski definition) is 3. The Labute approximate surface area is 47.5 Å². The summed E-state index contributed by atoms with van der Waals surface area (Å²) in [4.78, 5) is 2.90. The summed E-state index contributed by atoms with van der Waals surface area (Å²) in [5.41, 5.74) is 0. The lowest BCUT2D eigenvalue weighted by atomic mass is 10.6. The minimum absolute atomic E-state index is 0.920. The Kier molecular flexibility index (Phi) is 1.26. The molecular weight excluding hydrogens is 108 g/mol. The lowest BCUT2D eigenvalue weighted by Crippen LogP contribution is -1.75. The average Bonchev–Trinajstić information content (AvgIpc) is 2.14. The Hall–Kier alpha value is -0.570. The molecule has 0 unspecified atom stereocenters. The fraction of sp³-hybridized carbons (Fsp3) is 0. The highest BCUT2D eigenvalue weighted by Gasteiger charge is 1.79. The van der Waals surface area contributed by atoms with Gasteiger partial charge in [-0.1, -0.05) is 12.8 Å². The Morgan fingerprint density at radius 2 is 2.57 bits per heavy atom. The lowest BCUT2D eigenvalue weighted by molar-refractivity contribution is 1.42. The zero-order valence-corrected chi connectivity index (χ0v) is 4.57. The molecule has 0 amide bonds. The molecule has 1 rings (SSSR count). The molecule has 0 aliphatic heterocycles. The first kappa shape index (κ1) is 4.59. The molecule has 0 aliphatic rings. The Morgan fingerprint density at radius 3 is 2.86 bits per heavy atom. The van der Waals surface area contributed by atoms with Crippen LogP contribution in [0, 0.1) is 0 Å². The number of thiol groups is 1. The zero-order valence-electron chi connectivity index (χ0n) is 3.68. The van der Waals surface area contributed by atoms with Crippen molar-refractivity contribution in [1.29, 1.82) is 0 Å². The minimum Gasteiger partial charge on any atom is -0.348 e. The molecule has 2 nitrogen and oxygen atoms in total. The monoisotopic (exact) mass is 114 g/mol. The van der Waals surface area contributed by atoms with Gasteiger partial charge in [0.15, 0.2) is 0 Å². The number of hydrogen-bond acceptors (Lipinski definition) is 2. The number of anilines is 1. The second-order valence-electron chi connectivity index (χ2n) is 1.20. The standard InChI is InChI=1S/C4H6N2S/c7-6-4-2-1-3-5-4/h1-3,5-7H. The third kappa shape index (κ3) is 0.899. The van der Waals surface area contributed by atoms with Gasteiger partial charge >= 0.3 is 0 Å². The highest BCUT2D eigenvalue weighted by molar-refractivity contribution is 7.81. The average molecular weight is 114 g/mol. The summed E-state index contributed by atoms with van der Waals surface area (Å²) in [5, 5.41) is 0. The van der Waals surface area contributed by atoms with Gasteiger partial charge in [0.25, 0.3) is 0 Å². The van der Waals surface area contributed by atoms with Gasteiger partial charge in [0, 0.05) is 6.20 Å². The van der Waals surface area contributed by atoms with Gasteiger partial charge in [0.05, 0.1) is 0 Å². The zero-order chi connectivity index (χ0) is 5.11. The molecule has 1 aromatic heterocycles. The fourth-order valence-corrected chi connectivity index (χ4v) is 0.539. The van der Waals surface area contributed by atoms with Crippen LogP contribution >= 0.6 is 12.8 Å². The van der Waals surface area contributed by atoms with Crippen molar-refractivity contribution in [2.24, 2.45) is 0 Å². The molecule has 7 heavy (non-hydrogen) atoms. The van der Waals surface area contributed by atoms with Crippen LogP contribution in [0.1, 0.15) is 0 Å². The maximum atomic E-state index is 3.79. The predicted octanol–water partition coefficient (Wildman–Crippen LogP) is 1.27. The van der Waals surface area contributed by atoms with Crippen LogP contribution in [0.25, 0.3) is 0 Å². The molecule has 0 atom stereocenters. The van der Waals surface area contributed by atoms with Crippen molar-refractivity contribution < 1.29 is 0 Å². The van der Waals surface area contributed by atoms with Crippen molar-refractivity contribution >= 4 is 18.6 Å². The van der Waals surface area contributed by atoms with Crippen molar-refractivity contribution in [3.63, 3.8) is 0 Å². The summed E-state index contributed by atoms with van der Waals surface area (Å²) < 4.78 is 2.65. The molecule has 0 aromatic carbocycles. The second kappa shape index (κ2) is 1.93. The van der Waals surface area contributed by atoms with Gasteiger partial charge in [-0.2, -0.15) is 0 Å². The molecule has 1 aromatic rings. The van der Waals surface area contributed by atoms with Crippen molar-refractivity contribution in [2.75, 3.05) is 4.72 Å². The number of rotatable bonds is 1. The van der Waals surface area contributed by atoms with Crippen LogP contribution in [-0.4, -0.2) is 4.98 Å². The van der Waals surface area contributed by atoms with E-state index in [1.165, 1.54) is 0 Å². The highest BCUT2D eigenvalue weighted by atomic mass is 32.1. The van der Waals surface area contributed by atoms with Crippen molar-refractivity contribution in [1.82, 2.24) is 4.98 Å². The van der Waals surface area contributed by atoms with Gasteiger partial charge < -0.3 is 9.71 Å². The van der Waals surface area contributed by atoms with Gasteiger partial charge in [-0.3, -0.25) is 0 Å². The van der Waals surface area contributed by atoms with Gasteiger partial charge in [-0.15, -0.1) is 0 Å². The number of aromatic amines is 1. The topological polar surface area (TPSA) is 27.8 Å². The van der Waals surface area contributed by atoms with E-state index in [4.69, 9.17) is 0 Å². The molecule has 38 valence electrons. The SMILES string of the molecule is SNc1ccc[nH]1. The Balaban J connectivity index is 2.76. The molecule has 0 fully saturated rings. The minimum atomic E-state index is 0.920. The molecule has 0 saturated heterocycles. The van der Waals surface area contributed by atoms with E-state index in [0.29, 0.717) is 0 Å². The van der Waals surface area contributed by atoms with E-state index in [-0.39, 0.29) is 0 Å². The molecule has 0 saturated carbocycles. The normalized spacial score (nSPS) is 8.71. The first-order valence-electron chi connectivity index (χ1n) is 1.97. The van der Waals surface area contributed by atoms with Crippen LogP contribution in [0.5, 0.6) is 0 Å². The van der Waals surface area contributed by atoms with E-state index < -0.39 is 0 Å². The summed E-state index contributed by atoms with van der Waals surface area (Å²) in [6.07, 6.45) is 1.83. The van der Waals surface area contributed by atoms with Crippen molar-refractivity contribution in [3.05, 3.63) is 18.3 Å². The highest BCUT2D eigenvalue weighted by Crippen LogP contribution is 1.99. The fourth-order valence-electron chi connectivity index (χ4n) is 0.400. The van der Waals surface area contributed by atoms with Crippen LogP contribution in [-0.2, 0) is 0 Å². The van der Waals surface area contributed by atoms with E-state index in [0.717, 1.165) is 5.82 Å². The molecular formula is C4H6N2S. The van der Waals surface area contributed by atoms with Crippen LogP contribution in [0.15, 0.2) is 18.3 Å². The van der Waals surface area contributed by atoms with Crippen LogP contribution in [0.2, 0.25) is 0 Å². The molecule has 0 bridgehead atoms. The smallest absolute Gasteiger partial charge is 0.113 e. The maximum absolute atomic E-state index is 3.79. The van der Waals surface area contributed by atoms with E-state index in [1.54, 1.807) is 0 Å². The quantitative estimate of drug-likeness (QED) is 0.471. The predicted molar refractivity (Wildman–Crippen MR) is 33.4 cm³/mol. The second-order valence-corrected chi connectivity index (χ2v) is 1.42. The maximum Gasteiger partial charge on any atom is 0.113 e. The largest absolute Gasteiger partial charge is 0.348 e. The molecule has 0 radical (unpaired) electrons. The van der Waals surface area contributed by atoms with E-state index in [9.17, 15) is 0 Å². The third-order valence-corrected chi connectivity index (χ3v) is 0.959. The van der Waals surface area contributed by atoms with Gasteiger partial charge in [-0.25, -0.2) is 0 Å². The molecule has 1 heterocycles. The number of H-pyrrole nitrogens is 1. The van der Waals surface area contributed by atoms with Crippen LogP contribution < -0.4 is 4.72 Å².